The maximum atomic E-state index is 12.9. The molecule has 2 aliphatic heterocycles. The highest BCUT2D eigenvalue weighted by atomic mass is 19.4. The van der Waals surface area contributed by atoms with E-state index in [0.717, 1.165) is 51.3 Å². The van der Waals surface area contributed by atoms with Gasteiger partial charge < -0.3 is 15.1 Å². The third kappa shape index (κ3) is 6.66. The van der Waals surface area contributed by atoms with E-state index >= 15 is 0 Å². The van der Waals surface area contributed by atoms with Gasteiger partial charge in [-0.1, -0.05) is 30.3 Å². The number of carbonyl (C=O) groups excluding carboxylic acids is 1. The van der Waals surface area contributed by atoms with Crippen molar-refractivity contribution in [2.45, 2.75) is 57.9 Å². The van der Waals surface area contributed by atoms with Crippen LogP contribution in [-0.4, -0.2) is 70.6 Å². The van der Waals surface area contributed by atoms with E-state index in [1.165, 1.54) is 5.56 Å². The van der Waals surface area contributed by atoms with Crippen LogP contribution in [0.1, 0.15) is 44.4 Å². The van der Waals surface area contributed by atoms with E-state index in [2.05, 4.69) is 44.5 Å². The Morgan fingerprint density at radius 2 is 1.69 bits per heavy atom. The fraction of sp³-hybridized carbons (Fsp3) is 0.577. The summed E-state index contributed by atoms with van der Waals surface area (Å²) in [4.78, 5) is 26.6. The van der Waals surface area contributed by atoms with Crippen LogP contribution in [0.2, 0.25) is 0 Å². The van der Waals surface area contributed by atoms with Crippen molar-refractivity contribution in [1.29, 1.82) is 0 Å². The zero-order valence-corrected chi connectivity index (χ0v) is 20.9. The summed E-state index contributed by atoms with van der Waals surface area (Å²) in [5.74, 6) is 1.00. The summed E-state index contributed by atoms with van der Waals surface area (Å²) in [5, 5.41) is 3.09. The van der Waals surface area contributed by atoms with Crippen molar-refractivity contribution in [2.75, 3.05) is 37.6 Å². The fourth-order valence-electron chi connectivity index (χ4n) is 5.29. The van der Waals surface area contributed by atoms with Gasteiger partial charge in [-0.2, -0.15) is 13.2 Å². The summed E-state index contributed by atoms with van der Waals surface area (Å²) in [7, 11) is 0. The smallest absolute Gasteiger partial charge is 0.351 e. The second-order valence-corrected chi connectivity index (χ2v) is 9.99. The Bertz CT molecular complexity index is 967. The molecule has 36 heavy (non-hydrogen) atoms. The van der Waals surface area contributed by atoms with Gasteiger partial charge in [-0.15, -0.1) is 0 Å². The summed E-state index contributed by atoms with van der Waals surface area (Å²) in [6, 6.07) is 10.2. The van der Waals surface area contributed by atoms with Gasteiger partial charge in [0.2, 0.25) is 0 Å². The molecule has 3 heterocycles. The van der Waals surface area contributed by atoms with Crippen molar-refractivity contribution < 1.29 is 18.0 Å². The molecule has 1 aromatic heterocycles. The lowest BCUT2D eigenvalue weighted by Crippen LogP contribution is -2.61. The van der Waals surface area contributed by atoms with Crippen molar-refractivity contribution >= 4 is 11.8 Å². The highest BCUT2D eigenvalue weighted by Gasteiger charge is 2.35. The molecule has 0 saturated carbocycles. The number of amides is 2. The standard InChI is InChI=1S/C26H35F3N6O/c1-19-16-34(24-15-31-23(14-32-24)26(27,28)29)17-20(2)35(19)25(36)30-11-8-21-9-12-33(13-10-21)18-22-6-4-3-5-7-22/h3-7,14-15,19-21H,8-13,16-18H2,1-2H3,(H,30,36)/t19-,20-/m1/s1. The monoisotopic (exact) mass is 504 g/mol. The van der Waals surface area contributed by atoms with E-state index in [9.17, 15) is 18.0 Å². The molecular formula is C26H35F3N6O. The molecule has 0 radical (unpaired) electrons. The molecule has 2 aromatic rings. The predicted molar refractivity (Wildman–Crippen MR) is 132 cm³/mol. The van der Waals surface area contributed by atoms with Gasteiger partial charge in [0.25, 0.3) is 0 Å². The van der Waals surface area contributed by atoms with Crippen LogP contribution in [0.25, 0.3) is 0 Å². The number of halogens is 3. The van der Waals surface area contributed by atoms with Crippen molar-refractivity contribution in [2.24, 2.45) is 5.92 Å². The summed E-state index contributed by atoms with van der Waals surface area (Å²) < 4.78 is 38.3. The first-order valence-electron chi connectivity index (χ1n) is 12.7. The van der Waals surface area contributed by atoms with Crippen LogP contribution in [0.3, 0.4) is 0 Å². The normalized spacial score (nSPS) is 22.0. The minimum absolute atomic E-state index is 0.0883. The Balaban J connectivity index is 1.20. The Kier molecular flexibility index (Phi) is 8.33. The zero-order valence-electron chi connectivity index (χ0n) is 20.9. The number of aromatic nitrogens is 2. The van der Waals surface area contributed by atoms with Crippen LogP contribution in [0.4, 0.5) is 23.8 Å². The largest absolute Gasteiger partial charge is 0.434 e. The highest BCUT2D eigenvalue weighted by molar-refractivity contribution is 5.75. The van der Waals surface area contributed by atoms with Crippen molar-refractivity contribution in [1.82, 2.24) is 25.1 Å². The van der Waals surface area contributed by atoms with Crippen molar-refractivity contribution in [3.05, 3.63) is 54.0 Å². The number of piperazine rings is 1. The van der Waals surface area contributed by atoms with Crippen molar-refractivity contribution in [3.8, 4) is 0 Å². The zero-order chi connectivity index (χ0) is 25.7. The molecule has 1 N–H and O–H groups in total. The quantitative estimate of drug-likeness (QED) is 0.632. The van der Waals surface area contributed by atoms with Crippen molar-refractivity contribution in [3.63, 3.8) is 0 Å². The maximum absolute atomic E-state index is 12.9. The molecule has 0 spiro atoms. The Labute approximate surface area is 210 Å². The third-order valence-electron chi connectivity index (χ3n) is 7.19. The predicted octanol–water partition coefficient (Wildman–Crippen LogP) is 4.41. The van der Waals surface area contributed by atoms with Crippen LogP contribution >= 0.6 is 0 Å². The van der Waals surface area contributed by atoms with Crippen LogP contribution < -0.4 is 10.2 Å². The van der Waals surface area contributed by atoms with Gasteiger partial charge >= 0.3 is 12.2 Å². The molecule has 196 valence electrons. The number of alkyl halides is 3. The number of nitrogens with one attached hydrogen (secondary N) is 1. The third-order valence-corrected chi connectivity index (χ3v) is 7.19. The average Bonchev–Trinajstić information content (AvgIpc) is 2.85. The van der Waals surface area contributed by atoms with Gasteiger partial charge in [0.05, 0.1) is 12.4 Å². The molecule has 0 unspecified atom stereocenters. The minimum Gasteiger partial charge on any atom is -0.351 e. The number of rotatable bonds is 6. The van der Waals surface area contributed by atoms with Gasteiger partial charge in [-0.05, 0) is 57.7 Å². The average molecular weight is 505 g/mol. The molecule has 10 heteroatoms. The van der Waals surface area contributed by atoms with Crippen LogP contribution in [0.15, 0.2) is 42.7 Å². The van der Waals surface area contributed by atoms with E-state index in [1.807, 2.05) is 29.7 Å². The van der Waals surface area contributed by atoms with Crippen LogP contribution in [0, 0.1) is 5.92 Å². The van der Waals surface area contributed by atoms with E-state index in [-0.39, 0.29) is 18.1 Å². The number of urea groups is 1. The SMILES string of the molecule is C[C@@H]1CN(c2cnc(C(F)(F)F)cn2)C[C@@H](C)N1C(=O)NCCC1CCN(Cc2ccccc2)CC1. The second kappa shape index (κ2) is 11.5. The number of hydrogen-bond donors (Lipinski definition) is 1. The molecule has 2 fully saturated rings. The minimum atomic E-state index is -4.51. The highest BCUT2D eigenvalue weighted by Crippen LogP contribution is 2.28. The molecule has 4 rings (SSSR count). The lowest BCUT2D eigenvalue weighted by molar-refractivity contribution is -0.141. The van der Waals surface area contributed by atoms with Gasteiger partial charge in [0.15, 0.2) is 5.69 Å². The number of benzene rings is 1. The van der Waals surface area contributed by atoms with E-state index < -0.39 is 11.9 Å². The van der Waals surface area contributed by atoms with E-state index in [4.69, 9.17) is 0 Å². The van der Waals surface area contributed by atoms with Gasteiger partial charge in [0.1, 0.15) is 5.82 Å². The van der Waals surface area contributed by atoms with Crippen LogP contribution in [-0.2, 0) is 12.7 Å². The summed E-state index contributed by atoms with van der Waals surface area (Å²) in [6.45, 7) is 8.66. The first kappa shape index (κ1) is 26.2. The number of anilines is 1. The van der Waals surface area contributed by atoms with Gasteiger partial charge in [0, 0.05) is 38.3 Å². The van der Waals surface area contributed by atoms with Gasteiger partial charge in [-0.25, -0.2) is 14.8 Å². The van der Waals surface area contributed by atoms with Gasteiger partial charge in [-0.3, -0.25) is 4.90 Å². The number of likely N-dealkylation sites (tertiary alicyclic amines) is 1. The molecule has 2 atom stereocenters. The molecule has 0 bridgehead atoms. The summed E-state index contributed by atoms with van der Waals surface area (Å²) in [6.07, 6.45) is 0.653. The Morgan fingerprint density at radius 3 is 2.28 bits per heavy atom. The summed E-state index contributed by atoms with van der Waals surface area (Å²) >= 11 is 0. The van der Waals surface area contributed by atoms with E-state index in [0.29, 0.717) is 31.4 Å². The second-order valence-electron chi connectivity index (χ2n) is 9.99. The lowest BCUT2D eigenvalue weighted by Gasteiger charge is -2.44. The molecule has 1 aromatic carbocycles. The number of hydrogen-bond acceptors (Lipinski definition) is 5. The Morgan fingerprint density at radius 1 is 1.03 bits per heavy atom. The number of nitrogens with zero attached hydrogens (tertiary/aromatic N) is 5. The molecule has 7 nitrogen and oxygen atoms in total. The van der Waals surface area contributed by atoms with E-state index in [1.54, 1.807) is 0 Å². The fourth-order valence-corrected chi connectivity index (χ4v) is 5.29. The summed E-state index contributed by atoms with van der Waals surface area (Å²) in [5.41, 5.74) is 0.337. The first-order valence-corrected chi connectivity index (χ1v) is 12.7. The first-order chi connectivity index (χ1) is 17.2. The molecule has 2 aliphatic rings. The number of piperidine rings is 1. The number of carbonyl (C=O) groups is 1. The molecule has 2 saturated heterocycles. The Hall–Kier alpha value is -2.88. The molecule has 2 amide bonds. The lowest BCUT2D eigenvalue weighted by atomic mass is 9.93. The maximum Gasteiger partial charge on any atom is 0.434 e. The van der Waals surface area contributed by atoms with Crippen LogP contribution in [0.5, 0.6) is 0 Å². The molecular weight excluding hydrogens is 469 g/mol. The molecule has 0 aliphatic carbocycles. The topological polar surface area (TPSA) is 64.6 Å².